The van der Waals surface area contributed by atoms with Gasteiger partial charge < -0.3 is 10.2 Å². The lowest BCUT2D eigenvalue weighted by molar-refractivity contribution is -0.135. The molecule has 0 bridgehead atoms. The number of carbonyl (C=O) groups is 2. The van der Waals surface area contributed by atoms with Gasteiger partial charge in [-0.25, -0.2) is 8.42 Å². The number of rotatable bonds is 6. The van der Waals surface area contributed by atoms with Crippen LogP contribution in [0.3, 0.4) is 0 Å². The summed E-state index contributed by atoms with van der Waals surface area (Å²) >= 11 is 0. The van der Waals surface area contributed by atoms with Gasteiger partial charge in [-0.15, -0.1) is 0 Å². The molecule has 0 aromatic heterocycles. The Kier molecular flexibility index (Phi) is 6.72. The third-order valence-corrected chi connectivity index (χ3v) is 7.63. The van der Waals surface area contributed by atoms with Gasteiger partial charge in [0.15, 0.2) is 0 Å². The largest absolute Gasteiger partial charge is 0.359 e. The number of likely N-dealkylation sites (tertiary alicyclic amines) is 1. The molecule has 0 unspecified atom stereocenters. The normalized spacial score (nSPS) is 19.0. The lowest BCUT2D eigenvalue weighted by Crippen LogP contribution is -2.42. The van der Waals surface area contributed by atoms with Crippen molar-refractivity contribution < 1.29 is 18.0 Å². The number of hydrogen-bond acceptors (Lipinski definition) is 4. The first-order valence-electron chi connectivity index (χ1n) is 10.0. The summed E-state index contributed by atoms with van der Waals surface area (Å²) in [5.41, 5.74) is 0.953. The Morgan fingerprint density at radius 3 is 2.21 bits per heavy atom. The fourth-order valence-corrected chi connectivity index (χ4v) is 5.43. The highest BCUT2D eigenvalue weighted by Gasteiger charge is 2.28. The SMILES string of the molecule is CNC(=O)C1CCN(C(=O)CCc2ccc(S(=O)(=O)N3CCCC3)cc2)CC1. The van der Waals surface area contributed by atoms with Crippen molar-refractivity contribution in [2.24, 2.45) is 5.92 Å². The van der Waals surface area contributed by atoms with Crippen LogP contribution in [0, 0.1) is 5.92 Å². The van der Waals surface area contributed by atoms with E-state index in [-0.39, 0.29) is 17.7 Å². The molecular weight excluding hydrogens is 378 g/mol. The van der Waals surface area contributed by atoms with Crippen molar-refractivity contribution in [2.75, 3.05) is 33.2 Å². The van der Waals surface area contributed by atoms with Gasteiger partial charge >= 0.3 is 0 Å². The fourth-order valence-electron chi connectivity index (χ4n) is 3.91. The Labute approximate surface area is 167 Å². The van der Waals surface area contributed by atoms with E-state index in [0.29, 0.717) is 56.8 Å². The molecule has 1 aromatic rings. The topological polar surface area (TPSA) is 86.8 Å². The molecule has 2 fully saturated rings. The number of nitrogens with zero attached hydrogens (tertiary/aromatic N) is 2. The van der Waals surface area contributed by atoms with Crippen LogP contribution in [0.25, 0.3) is 0 Å². The van der Waals surface area contributed by atoms with Crippen LogP contribution in [-0.4, -0.2) is 62.7 Å². The quantitative estimate of drug-likeness (QED) is 0.772. The van der Waals surface area contributed by atoms with E-state index in [9.17, 15) is 18.0 Å². The summed E-state index contributed by atoms with van der Waals surface area (Å²) in [7, 11) is -1.75. The van der Waals surface area contributed by atoms with Crippen LogP contribution in [-0.2, 0) is 26.0 Å². The molecule has 0 spiro atoms. The minimum absolute atomic E-state index is 0.000787. The lowest BCUT2D eigenvalue weighted by Gasteiger charge is -2.31. The molecule has 1 aromatic carbocycles. The first kappa shape index (κ1) is 20.8. The van der Waals surface area contributed by atoms with E-state index in [2.05, 4.69) is 5.32 Å². The Hall–Kier alpha value is -1.93. The smallest absolute Gasteiger partial charge is 0.243 e. The molecule has 3 rings (SSSR count). The van der Waals surface area contributed by atoms with Crippen LogP contribution in [0.5, 0.6) is 0 Å². The maximum absolute atomic E-state index is 12.6. The van der Waals surface area contributed by atoms with Crippen LogP contribution in [0.1, 0.15) is 37.7 Å². The second-order valence-electron chi connectivity index (χ2n) is 7.52. The van der Waals surface area contributed by atoms with Gasteiger partial charge in [0, 0.05) is 45.6 Å². The molecular formula is C20H29N3O4S. The molecule has 28 heavy (non-hydrogen) atoms. The third kappa shape index (κ3) is 4.72. The summed E-state index contributed by atoms with van der Waals surface area (Å²) in [6.45, 7) is 2.41. The summed E-state index contributed by atoms with van der Waals surface area (Å²) in [6, 6.07) is 6.88. The highest BCUT2D eigenvalue weighted by molar-refractivity contribution is 7.89. The molecule has 7 nitrogen and oxygen atoms in total. The summed E-state index contributed by atoms with van der Waals surface area (Å²) in [6.07, 6.45) is 4.21. The summed E-state index contributed by atoms with van der Waals surface area (Å²) < 4.78 is 26.6. The van der Waals surface area contributed by atoms with Gasteiger partial charge in [0.25, 0.3) is 0 Å². The van der Waals surface area contributed by atoms with Gasteiger partial charge in [-0.05, 0) is 49.8 Å². The molecule has 2 saturated heterocycles. The number of hydrogen-bond donors (Lipinski definition) is 1. The van der Waals surface area contributed by atoms with Crippen LogP contribution in [0.2, 0.25) is 0 Å². The molecule has 0 saturated carbocycles. The number of benzene rings is 1. The molecule has 0 aliphatic carbocycles. The van der Waals surface area contributed by atoms with Crippen molar-refractivity contribution in [1.29, 1.82) is 0 Å². The second kappa shape index (κ2) is 9.05. The van der Waals surface area contributed by atoms with Crippen LogP contribution in [0.15, 0.2) is 29.2 Å². The Morgan fingerprint density at radius 1 is 1.04 bits per heavy atom. The Balaban J connectivity index is 1.50. The molecule has 154 valence electrons. The van der Waals surface area contributed by atoms with Crippen molar-refractivity contribution in [3.05, 3.63) is 29.8 Å². The van der Waals surface area contributed by atoms with E-state index in [0.717, 1.165) is 18.4 Å². The fraction of sp³-hybridized carbons (Fsp3) is 0.600. The zero-order valence-corrected chi connectivity index (χ0v) is 17.2. The summed E-state index contributed by atoms with van der Waals surface area (Å²) in [5.74, 6) is 0.138. The highest BCUT2D eigenvalue weighted by atomic mass is 32.2. The van der Waals surface area contributed by atoms with Crippen LogP contribution >= 0.6 is 0 Å². The van der Waals surface area contributed by atoms with Crippen molar-refractivity contribution in [2.45, 2.75) is 43.4 Å². The van der Waals surface area contributed by atoms with E-state index in [1.807, 2.05) is 4.90 Å². The molecule has 2 amide bonds. The van der Waals surface area contributed by atoms with E-state index in [1.165, 1.54) is 4.31 Å². The number of carbonyl (C=O) groups excluding carboxylic acids is 2. The number of nitrogens with one attached hydrogen (secondary N) is 1. The summed E-state index contributed by atoms with van der Waals surface area (Å²) in [5, 5.41) is 2.67. The van der Waals surface area contributed by atoms with Gasteiger partial charge in [-0.1, -0.05) is 12.1 Å². The van der Waals surface area contributed by atoms with Crippen molar-refractivity contribution in [1.82, 2.24) is 14.5 Å². The Bertz CT molecular complexity index is 793. The number of sulfonamides is 1. The van der Waals surface area contributed by atoms with E-state index >= 15 is 0 Å². The molecule has 8 heteroatoms. The van der Waals surface area contributed by atoms with Gasteiger partial charge in [0.2, 0.25) is 21.8 Å². The highest BCUT2D eigenvalue weighted by Crippen LogP contribution is 2.22. The zero-order chi connectivity index (χ0) is 20.1. The third-order valence-electron chi connectivity index (χ3n) is 5.72. The van der Waals surface area contributed by atoms with Crippen molar-refractivity contribution in [3.8, 4) is 0 Å². The number of aryl methyl sites for hydroxylation is 1. The number of amides is 2. The molecule has 0 atom stereocenters. The maximum atomic E-state index is 12.6. The van der Waals surface area contributed by atoms with Gasteiger partial charge in [-0.2, -0.15) is 4.31 Å². The number of piperidine rings is 1. The van der Waals surface area contributed by atoms with Crippen molar-refractivity contribution >= 4 is 21.8 Å². The summed E-state index contributed by atoms with van der Waals surface area (Å²) in [4.78, 5) is 26.3. The lowest BCUT2D eigenvalue weighted by atomic mass is 9.95. The first-order valence-corrected chi connectivity index (χ1v) is 11.4. The van der Waals surface area contributed by atoms with Gasteiger partial charge in [-0.3, -0.25) is 9.59 Å². The average molecular weight is 408 g/mol. The molecule has 2 aliphatic heterocycles. The average Bonchev–Trinajstić information content (AvgIpc) is 3.27. The zero-order valence-electron chi connectivity index (χ0n) is 16.4. The monoisotopic (exact) mass is 407 g/mol. The van der Waals surface area contributed by atoms with Gasteiger partial charge in [0.05, 0.1) is 4.90 Å². The molecule has 0 radical (unpaired) electrons. The minimum atomic E-state index is -3.39. The van der Waals surface area contributed by atoms with Crippen molar-refractivity contribution in [3.63, 3.8) is 0 Å². The predicted octanol–water partition coefficient (Wildman–Crippen LogP) is 1.39. The first-order chi connectivity index (χ1) is 13.4. The van der Waals surface area contributed by atoms with E-state index in [1.54, 1.807) is 31.3 Å². The van der Waals surface area contributed by atoms with E-state index < -0.39 is 10.0 Å². The predicted molar refractivity (Wildman–Crippen MR) is 106 cm³/mol. The second-order valence-corrected chi connectivity index (χ2v) is 9.46. The van der Waals surface area contributed by atoms with Crippen LogP contribution < -0.4 is 5.32 Å². The van der Waals surface area contributed by atoms with Gasteiger partial charge in [0.1, 0.15) is 0 Å². The Morgan fingerprint density at radius 2 is 1.64 bits per heavy atom. The molecule has 2 heterocycles. The molecule has 2 aliphatic rings. The van der Waals surface area contributed by atoms with Crippen LogP contribution in [0.4, 0.5) is 0 Å². The minimum Gasteiger partial charge on any atom is -0.359 e. The van der Waals surface area contributed by atoms with E-state index in [4.69, 9.17) is 0 Å². The maximum Gasteiger partial charge on any atom is 0.243 e. The molecule has 1 N–H and O–H groups in total. The standard InChI is InChI=1S/C20H29N3O4S/c1-21-20(25)17-10-14-22(15-11-17)19(24)9-6-16-4-7-18(8-5-16)28(26,27)23-12-2-3-13-23/h4-5,7-8,17H,2-3,6,9-15H2,1H3,(H,21,25).